The molecule has 2 aromatic carbocycles. The van der Waals surface area contributed by atoms with E-state index in [4.69, 9.17) is 0 Å². The standard InChI is InChI=1S/C43H53N9O14S2.Na/c1-5-22(3)35-36(57)42(63)50-30(17-24-7-12-27(53)13-8-24)43-47-26(20-67-43)11-16-33(55)48-32(21-68(64,65)66)39(60)44-18-31(41(62)49-29(6-2)40(61)52-35)51-37(58)23(4)46-34(56)19-45-38(59)25-9-14-28(54)15-10-25;/h7-16,20,22-23,29-32,35,53-54H,5-6,17-19,21H2,1-4H3,(H,44,60)(H,45,59)(H,46,56)(H,48,55)(H,49,62)(H,50,63)(H,51,58)(H,52,61)(H,64,65,66);/q;+1/p-1/b16-11+;/t22-,23-,29-,30-,31-,32-,35-;/m0./s1. The number of hydrogen-bond donors (Lipinski definition) is 10. The van der Waals surface area contributed by atoms with Crippen LogP contribution in [0.2, 0.25) is 0 Å². The molecular weight excluding hydrogens is 954 g/mol. The molecule has 26 heteroatoms. The molecule has 23 nitrogen and oxygen atoms in total. The molecule has 1 aromatic heterocycles. The van der Waals surface area contributed by atoms with Crippen molar-refractivity contribution in [1.29, 1.82) is 0 Å². The first-order chi connectivity index (χ1) is 32.1. The van der Waals surface area contributed by atoms with Gasteiger partial charge in [-0.1, -0.05) is 39.3 Å². The minimum atomic E-state index is -5.20. The van der Waals surface area contributed by atoms with Gasteiger partial charge < -0.3 is 57.3 Å². The molecule has 0 aliphatic carbocycles. The molecular formula is C43H52N9NaO14S2. The van der Waals surface area contributed by atoms with Crippen molar-refractivity contribution >= 4 is 80.6 Å². The van der Waals surface area contributed by atoms with Gasteiger partial charge in [-0.25, -0.2) is 13.4 Å². The van der Waals surface area contributed by atoms with Crippen LogP contribution < -0.4 is 72.1 Å². The zero-order valence-corrected chi connectivity index (χ0v) is 41.8. The number of nitrogens with zero attached hydrogens (tertiary/aromatic N) is 1. The third-order valence-corrected chi connectivity index (χ3v) is 12.1. The number of nitrogens with one attached hydrogen (secondary N) is 8. The second-order valence-corrected chi connectivity index (χ2v) is 18.0. The van der Waals surface area contributed by atoms with Crippen LogP contribution in [0.3, 0.4) is 0 Å². The fourth-order valence-electron chi connectivity index (χ4n) is 6.39. The molecule has 0 saturated carbocycles. The Morgan fingerprint density at radius 3 is 2.09 bits per heavy atom. The van der Waals surface area contributed by atoms with E-state index in [0.29, 0.717) is 12.0 Å². The molecule has 8 amide bonds. The number of hydrogen-bond acceptors (Lipinski definition) is 16. The molecule has 0 spiro atoms. The minimum absolute atomic E-state index is 0. The Labute approximate surface area is 422 Å². The third-order valence-electron chi connectivity index (χ3n) is 10.4. The Morgan fingerprint density at radius 1 is 0.841 bits per heavy atom. The van der Waals surface area contributed by atoms with E-state index < -0.39 is 124 Å². The van der Waals surface area contributed by atoms with E-state index in [2.05, 4.69) is 47.5 Å². The maximum atomic E-state index is 13.9. The molecule has 0 fully saturated rings. The van der Waals surface area contributed by atoms with Crippen LogP contribution >= 0.6 is 11.3 Å². The number of thiazole rings is 1. The second kappa shape index (κ2) is 26.5. The molecule has 3 aromatic rings. The monoisotopic (exact) mass is 1010 g/mol. The van der Waals surface area contributed by atoms with Crippen molar-refractivity contribution in [1.82, 2.24) is 47.5 Å². The van der Waals surface area contributed by atoms with Gasteiger partial charge in [-0.3, -0.25) is 43.2 Å². The fourth-order valence-corrected chi connectivity index (χ4v) is 7.87. The molecule has 366 valence electrons. The average Bonchev–Trinajstić information content (AvgIpc) is 3.77. The van der Waals surface area contributed by atoms with Gasteiger partial charge in [0.2, 0.25) is 41.2 Å². The SMILES string of the molecule is CC[C@@H]1NC(=O)[C@@H](NC(=O)[C@H](C)NC(=O)CNC(=O)c2ccc(O)cc2)CNC(=O)[C@H](CS(=O)(=O)[O-])NC(=O)/C=C/c2csc(n2)[C@H](Cc2ccc(O)cc2)NC(=O)C(=O)[C@H]([C@@H](C)CC)NC1=O.[Na+]. The molecule has 0 saturated heterocycles. The number of aromatic nitrogens is 1. The summed E-state index contributed by atoms with van der Waals surface area (Å²) in [7, 11) is -5.20. The van der Waals surface area contributed by atoms with Crippen LogP contribution in [0.5, 0.6) is 11.5 Å². The number of phenols is 2. The van der Waals surface area contributed by atoms with Gasteiger partial charge in [0.15, 0.2) is 0 Å². The normalized spacial score (nSPS) is 21.1. The number of ketones is 1. The quantitative estimate of drug-likeness (QED) is 0.0439. The third kappa shape index (κ3) is 18.0. The molecule has 2 bridgehead atoms. The summed E-state index contributed by atoms with van der Waals surface area (Å²) >= 11 is 1.04. The first kappa shape index (κ1) is 57.1. The summed E-state index contributed by atoms with van der Waals surface area (Å²) in [6.07, 6.45) is 2.32. The van der Waals surface area contributed by atoms with Gasteiger partial charge in [0.05, 0.1) is 40.2 Å². The molecule has 10 N–H and O–H groups in total. The second-order valence-electron chi connectivity index (χ2n) is 15.7. The molecule has 1 aliphatic rings. The number of amides is 8. The van der Waals surface area contributed by atoms with Gasteiger partial charge in [-0.05, 0) is 73.7 Å². The summed E-state index contributed by atoms with van der Waals surface area (Å²) < 4.78 is 35.6. The van der Waals surface area contributed by atoms with Crippen LogP contribution in [-0.4, -0.2) is 130 Å². The summed E-state index contributed by atoms with van der Waals surface area (Å²) in [6.45, 7) is 4.59. The number of Topliss-reactive ketones (excluding diaryl/α,β-unsaturated/α-hetero) is 1. The predicted octanol–water partition coefficient (Wildman–Crippen LogP) is -4.45. The van der Waals surface area contributed by atoms with Crippen molar-refractivity contribution in [2.75, 3.05) is 18.8 Å². The maximum Gasteiger partial charge on any atom is 1.00 e. The van der Waals surface area contributed by atoms with E-state index >= 15 is 0 Å². The molecule has 1 aliphatic heterocycles. The Hall–Kier alpha value is -6.25. The Bertz CT molecular complexity index is 2510. The largest absolute Gasteiger partial charge is 1.00 e. The Balaban J connectivity index is 0.0000126. The smallest absolute Gasteiger partial charge is 0.748 e. The van der Waals surface area contributed by atoms with Crippen LogP contribution in [-0.2, 0) is 54.9 Å². The van der Waals surface area contributed by atoms with Gasteiger partial charge in [-0.15, -0.1) is 11.3 Å². The van der Waals surface area contributed by atoms with Gasteiger partial charge in [-0.2, -0.15) is 0 Å². The minimum Gasteiger partial charge on any atom is -0.748 e. The van der Waals surface area contributed by atoms with E-state index in [1.54, 1.807) is 26.0 Å². The van der Waals surface area contributed by atoms with E-state index in [1.165, 1.54) is 61.7 Å². The summed E-state index contributed by atoms with van der Waals surface area (Å²) in [5.74, 6) is -11.3. The summed E-state index contributed by atoms with van der Waals surface area (Å²) in [4.78, 5) is 125. The number of rotatable bonds is 13. The molecule has 7 atom stereocenters. The van der Waals surface area contributed by atoms with Crippen molar-refractivity contribution in [2.45, 2.75) is 83.2 Å². The van der Waals surface area contributed by atoms with E-state index in [9.17, 15) is 66.3 Å². The number of fused-ring (bicyclic) bond motifs is 2. The molecule has 0 radical (unpaired) electrons. The van der Waals surface area contributed by atoms with Crippen LogP contribution in [0.4, 0.5) is 0 Å². The molecule has 0 unspecified atom stereocenters. The van der Waals surface area contributed by atoms with E-state index in [-0.39, 0.29) is 70.2 Å². The predicted molar refractivity (Wildman–Crippen MR) is 242 cm³/mol. The van der Waals surface area contributed by atoms with Gasteiger partial charge >= 0.3 is 29.6 Å². The Morgan fingerprint density at radius 2 is 1.48 bits per heavy atom. The van der Waals surface area contributed by atoms with Crippen LogP contribution in [0, 0.1) is 5.92 Å². The van der Waals surface area contributed by atoms with Gasteiger partial charge in [0.1, 0.15) is 40.7 Å². The number of phenolic OH excluding ortho intramolecular Hbond substituents is 2. The zero-order chi connectivity index (χ0) is 50.3. The van der Waals surface area contributed by atoms with E-state index in [1.807, 2.05) is 0 Å². The number of aromatic hydroxyl groups is 2. The van der Waals surface area contributed by atoms with Crippen molar-refractivity contribution in [3.63, 3.8) is 0 Å². The first-order valence-corrected chi connectivity index (χ1v) is 23.6. The Kier molecular flexibility index (Phi) is 21.9. The molecule has 4 rings (SSSR count). The number of carbonyl (C=O) groups is 9. The number of benzene rings is 2. The van der Waals surface area contributed by atoms with Crippen molar-refractivity contribution < 1.29 is 95.9 Å². The summed E-state index contributed by atoms with van der Waals surface area (Å²) in [5, 5.41) is 40.0. The number of carbonyl (C=O) groups excluding carboxylic acids is 9. The fraction of sp³-hybridized carbons (Fsp3) is 0.395. The molecule has 69 heavy (non-hydrogen) atoms. The summed E-state index contributed by atoms with van der Waals surface area (Å²) in [5.41, 5.74) is 0.881. The van der Waals surface area contributed by atoms with Crippen LogP contribution in [0.15, 0.2) is 60.0 Å². The van der Waals surface area contributed by atoms with Crippen molar-refractivity contribution in [3.05, 3.63) is 81.8 Å². The average molecular weight is 1010 g/mol. The van der Waals surface area contributed by atoms with Crippen molar-refractivity contribution in [3.8, 4) is 11.5 Å². The van der Waals surface area contributed by atoms with Gasteiger partial charge in [0.25, 0.3) is 11.8 Å². The van der Waals surface area contributed by atoms with Crippen LogP contribution in [0.25, 0.3) is 6.08 Å². The topological polar surface area (TPSA) is 360 Å². The summed E-state index contributed by atoms with van der Waals surface area (Å²) in [6, 6.07) is 2.04. The van der Waals surface area contributed by atoms with Gasteiger partial charge in [0, 0.05) is 23.6 Å². The maximum absolute atomic E-state index is 13.9. The van der Waals surface area contributed by atoms with Crippen molar-refractivity contribution in [2.24, 2.45) is 5.92 Å². The first-order valence-electron chi connectivity index (χ1n) is 21.1. The van der Waals surface area contributed by atoms with Crippen LogP contribution in [0.1, 0.15) is 73.2 Å². The van der Waals surface area contributed by atoms with E-state index in [0.717, 1.165) is 17.4 Å². The molecule has 2 heterocycles. The zero-order valence-electron chi connectivity index (χ0n) is 38.2.